The molecule has 6 heteroatoms. The number of carboxylic acid groups (broad SMARTS) is 1. The van der Waals surface area contributed by atoms with Crippen molar-refractivity contribution < 1.29 is 14.7 Å². The summed E-state index contributed by atoms with van der Waals surface area (Å²) in [4.78, 5) is 26.0. The largest absolute Gasteiger partial charge is 0.481 e. The second kappa shape index (κ2) is 9.74. The summed E-state index contributed by atoms with van der Waals surface area (Å²) in [5, 5.41) is 14.5. The van der Waals surface area contributed by atoms with E-state index in [0.717, 1.165) is 37.9 Å². The summed E-state index contributed by atoms with van der Waals surface area (Å²) in [6, 6.07) is 3.56. The van der Waals surface area contributed by atoms with E-state index in [4.69, 9.17) is 5.11 Å². The molecule has 0 aliphatic rings. The van der Waals surface area contributed by atoms with Gasteiger partial charge in [-0.15, -0.1) is 0 Å². The molecule has 0 aliphatic carbocycles. The topological polar surface area (TPSA) is 91.3 Å². The minimum absolute atomic E-state index is 0.171. The van der Waals surface area contributed by atoms with Gasteiger partial charge in [-0.3, -0.25) is 14.6 Å². The molecule has 0 radical (unpaired) electrons. The van der Waals surface area contributed by atoms with Gasteiger partial charge in [0.2, 0.25) is 0 Å². The third-order valence-corrected chi connectivity index (χ3v) is 2.98. The summed E-state index contributed by atoms with van der Waals surface area (Å²) in [6.45, 7) is 3.24. The Hall–Kier alpha value is -2.11. The second-order valence-corrected chi connectivity index (χ2v) is 4.77. The molecule has 0 fully saturated rings. The number of hydrogen-bond acceptors (Lipinski definition) is 4. The smallest absolute Gasteiger partial charge is 0.303 e. The summed E-state index contributed by atoms with van der Waals surface area (Å²) in [5.74, 6) is -0.905. The Morgan fingerprint density at radius 2 is 2.00 bits per heavy atom. The highest BCUT2D eigenvalue weighted by molar-refractivity contribution is 5.93. The number of nitrogens with zero attached hydrogens (tertiary/aromatic N) is 1. The first-order valence-electron chi connectivity index (χ1n) is 7.33. The van der Waals surface area contributed by atoms with Gasteiger partial charge in [-0.05, 0) is 31.9 Å². The Bertz CT molecular complexity index is 463. The van der Waals surface area contributed by atoms with Crippen LogP contribution in [0.5, 0.6) is 0 Å². The van der Waals surface area contributed by atoms with Gasteiger partial charge in [0, 0.05) is 31.4 Å². The van der Waals surface area contributed by atoms with Crippen molar-refractivity contribution >= 4 is 17.6 Å². The van der Waals surface area contributed by atoms with Crippen LogP contribution in [0, 0.1) is 0 Å². The quantitative estimate of drug-likeness (QED) is 0.576. The van der Waals surface area contributed by atoms with Gasteiger partial charge in [-0.25, -0.2) is 0 Å². The molecule has 6 nitrogen and oxygen atoms in total. The molecule has 0 spiro atoms. The number of rotatable bonds is 10. The molecule has 0 saturated carbocycles. The van der Waals surface area contributed by atoms with Crippen LogP contribution in [-0.4, -0.2) is 35.1 Å². The number of anilines is 1. The van der Waals surface area contributed by atoms with E-state index < -0.39 is 5.97 Å². The van der Waals surface area contributed by atoms with Gasteiger partial charge in [0.25, 0.3) is 5.91 Å². The zero-order valence-corrected chi connectivity index (χ0v) is 12.4. The number of unbranched alkanes of at least 4 members (excludes halogenated alkanes) is 3. The van der Waals surface area contributed by atoms with Crippen LogP contribution in [0.25, 0.3) is 0 Å². The molecule has 3 N–H and O–H groups in total. The van der Waals surface area contributed by atoms with Crippen molar-refractivity contribution in [3.05, 3.63) is 24.0 Å². The Labute approximate surface area is 125 Å². The van der Waals surface area contributed by atoms with Crippen LogP contribution >= 0.6 is 0 Å². The van der Waals surface area contributed by atoms with Crippen LogP contribution in [-0.2, 0) is 4.79 Å². The predicted octanol–water partition coefficient (Wildman–Crippen LogP) is 2.28. The van der Waals surface area contributed by atoms with Gasteiger partial charge in [0.1, 0.15) is 5.69 Å². The zero-order chi connectivity index (χ0) is 15.5. The van der Waals surface area contributed by atoms with E-state index in [-0.39, 0.29) is 12.3 Å². The van der Waals surface area contributed by atoms with E-state index >= 15 is 0 Å². The molecule has 1 aromatic heterocycles. The number of pyridine rings is 1. The minimum atomic E-state index is -0.734. The van der Waals surface area contributed by atoms with Crippen LogP contribution < -0.4 is 10.6 Å². The van der Waals surface area contributed by atoms with Crippen molar-refractivity contribution in [1.29, 1.82) is 0 Å². The van der Waals surface area contributed by atoms with E-state index in [9.17, 15) is 9.59 Å². The number of carbonyl (C=O) groups excluding carboxylic acids is 1. The Morgan fingerprint density at radius 3 is 2.71 bits per heavy atom. The Balaban J connectivity index is 2.24. The van der Waals surface area contributed by atoms with Crippen molar-refractivity contribution in [3.63, 3.8) is 0 Å². The average molecular weight is 293 g/mol. The lowest BCUT2D eigenvalue weighted by molar-refractivity contribution is -0.137. The van der Waals surface area contributed by atoms with E-state index in [1.807, 2.05) is 13.0 Å². The molecular formula is C15H23N3O3. The SMILES string of the molecule is CCNC(=O)c1cc(NCCCCCCC(=O)O)ccn1. The molecule has 116 valence electrons. The number of carbonyl (C=O) groups is 2. The maximum Gasteiger partial charge on any atom is 0.303 e. The van der Waals surface area contributed by atoms with Crippen molar-refractivity contribution in [3.8, 4) is 0 Å². The van der Waals surface area contributed by atoms with Crippen molar-refractivity contribution in [2.24, 2.45) is 0 Å². The first-order valence-corrected chi connectivity index (χ1v) is 7.33. The molecule has 1 rings (SSSR count). The molecule has 0 bridgehead atoms. The first kappa shape index (κ1) is 16.9. The molecule has 1 amide bonds. The highest BCUT2D eigenvalue weighted by atomic mass is 16.4. The summed E-state index contributed by atoms with van der Waals surface area (Å²) in [5.41, 5.74) is 1.28. The van der Waals surface area contributed by atoms with Gasteiger partial charge < -0.3 is 15.7 Å². The molecule has 0 saturated heterocycles. The lowest BCUT2D eigenvalue weighted by atomic mass is 10.1. The molecular weight excluding hydrogens is 270 g/mol. The highest BCUT2D eigenvalue weighted by Gasteiger charge is 2.06. The fourth-order valence-corrected chi connectivity index (χ4v) is 1.90. The van der Waals surface area contributed by atoms with Crippen molar-refractivity contribution in [2.75, 3.05) is 18.4 Å². The molecule has 21 heavy (non-hydrogen) atoms. The molecule has 0 atom stereocenters. The predicted molar refractivity (Wildman–Crippen MR) is 81.5 cm³/mol. The summed E-state index contributed by atoms with van der Waals surface area (Å²) < 4.78 is 0. The fraction of sp³-hybridized carbons (Fsp3) is 0.533. The minimum Gasteiger partial charge on any atom is -0.481 e. The Morgan fingerprint density at radius 1 is 1.24 bits per heavy atom. The van der Waals surface area contributed by atoms with Gasteiger partial charge in [0.15, 0.2) is 0 Å². The van der Waals surface area contributed by atoms with E-state index in [0.29, 0.717) is 12.2 Å². The summed E-state index contributed by atoms with van der Waals surface area (Å²) in [7, 11) is 0. The van der Waals surface area contributed by atoms with Crippen LogP contribution in [0.1, 0.15) is 49.5 Å². The number of aromatic nitrogens is 1. The van der Waals surface area contributed by atoms with Crippen LogP contribution in [0.2, 0.25) is 0 Å². The number of hydrogen-bond donors (Lipinski definition) is 3. The van der Waals surface area contributed by atoms with Crippen molar-refractivity contribution in [1.82, 2.24) is 10.3 Å². The van der Waals surface area contributed by atoms with E-state index in [1.165, 1.54) is 0 Å². The number of aliphatic carboxylic acids is 1. The zero-order valence-electron chi connectivity index (χ0n) is 12.4. The lowest BCUT2D eigenvalue weighted by Gasteiger charge is -2.07. The second-order valence-electron chi connectivity index (χ2n) is 4.77. The molecule has 0 unspecified atom stereocenters. The normalized spacial score (nSPS) is 10.1. The number of nitrogens with one attached hydrogen (secondary N) is 2. The van der Waals surface area contributed by atoms with Crippen LogP contribution in [0.4, 0.5) is 5.69 Å². The van der Waals surface area contributed by atoms with Gasteiger partial charge in [-0.2, -0.15) is 0 Å². The average Bonchev–Trinajstić information content (AvgIpc) is 2.46. The van der Waals surface area contributed by atoms with E-state index in [1.54, 1.807) is 12.3 Å². The van der Waals surface area contributed by atoms with Gasteiger partial charge in [0.05, 0.1) is 0 Å². The standard InChI is InChI=1S/C15H23N3O3/c1-2-16-15(21)13-11-12(8-10-18-13)17-9-6-4-3-5-7-14(19)20/h8,10-11H,2-7,9H2,1H3,(H,16,21)(H,17,18)(H,19,20). The van der Waals surface area contributed by atoms with Gasteiger partial charge in [-0.1, -0.05) is 12.8 Å². The maximum atomic E-state index is 11.7. The fourth-order valence-electron chi connectivity index (χ4n) is 1.90. The maximum absolute atomic E-state index is 11.7. The van der Waals surface area contributed by atoms with Crippen LogP contribution in [0.15, 0.2) is 18.3 Å². The molecule has 1 aromatic rings. The third-order valence-electron chi connectivity index (χ3n) is 2.98. The first-order chi connectivity index (χ1) is 10.1. The lowest BCUT2D eigenvalue weighted by Crippen LogP contribution is -2.23. The van der Waals surface area contributed by atoms with E-state index in [2.05, 4.69) is 15.6 Å². The highest BCUT2D eigenvalue weighted by Crippen LogP contribution is 2.09. The molecule has 0 aliphatic heterocycles. The summed E-state index contributed by atoms with van der Waals surface area (Å²) >= 11 is 0. The molecule has 1 heterocycles. The number of carboxylic acids is 1. The monoisotopic (exact) mass is 293 g/mol. The Kier molecular flexibility index (Phi) is 7.86. The third kappa shape index (κ3) is 7.29. The van der Waals surface area contributed by atoms with Crippen LogP contribution in [0.3, 0.4) is 0 Å². The molecule has 0 aromatic carbocycles. The van der Waals surface area contributed by atoms with Crippen molar-refractivity contribution in [2.45, 2.75) is 39.0 Å². The van der Waals surface area contributed by atoms with Gasteiger partial charge >= 0.3 is 5.97 Å². The number of amides is 1. The summed E-state index contributed by atoms with van der Waals surface area (Å²) in [6.07, 6.45) is 5.47.